The fraction of sp³-hybridized carbons (Fsp3) is 0.0714. The summed E-state index contributed by atoms with van der Waals surface area (Å²) >= 11 is 0. The Bertz CT molecular complexity index is 655. The Labute approximate surface area is 99.5 Å². The standard InChI is InChI=1S/C14H13N3/c15-9-11-2-1-3-12(8-11)13-4-5-14-16-6-7-17(14)10-13/h1-8,10H,9,15H2. The number of benzene rings is 1. The van der Waals surface area contributed by atoms with E-state index in [0.717, 1.165) is 11.2 Å². The van der Waals surface area contributed by atoms with Crippen molar-refractivity contribution >= 4 is 5.65 Å². The van der Waals surface area contributed by atoms with Crippen LogP contribution in [0.5, 0.6) is 0 Å². The van der Waals surface area contributed by atoms with Crippen LogP contribution in [-0.2, 0) is 6.54 Å². The Hall–Kier alpha value is -2.13. The van der Waals surface area contributed by atoms with E-state index < -0.39 is 0 Å². The number of fused-ring (bicyclic) bond motifs is 1. The quantitative estimate of drug-likeness (QED) is 0.725. The summed E-state index contributed by atoms with van der Waals surface area (Å²) in [6.07, 6.45) is 5.83. The molecule has 2 aromatic heterocycles. The van der Waals surface area contributed by atoms with Crippen molar-refractivity contribution in [1.82, 2.24) is 9.38 Å². The molecule has 0 unspecified atom stereocenters. The maximum atomic E-state index is 5.66. The molecular weight excluding hydrogens is 210 g/mol. The van der Waals surface area contributed by atoms with Gasteiger partial charge >= 0.3 is 0 Å². The molecule has 0 spiro atoms. The van der Waals surface area contributed by atoms with E-state index in [4.69, 9.17) is 5.73 Å². The molecule has 3 rings (SSSR count). The Kier molecular flexibility index (Phi) is 2.38. The molecule has 3 nitrogen and oxygen atoms in total. The molecule has 3 aromatic rings. The third-order valence-electron chi connectivity index (χ3n) is 2.88. The van der Waals surface area contributed by atoms with Crippen LogP contribution in [0.3, 0.4) is 0 Å². The van der Waals surface area contributed by atoms with E-state index in [1.807, 2.05) is 28.8 Å². The SMILES string of the molecule is NCc1cccc(-c2ccc3nccn3c2)c1. The van der Waals surface area contributed by atoms with Gasteiger partial charge in [-0.2, -0.15) is 0 Å². The van der Waals surface area contributed by atoms with Gasteiger partial charge in [0.1, 0.15) is 5.65 Å². The minimum Gasteiger partial charge on any atom is -0.326 e. The topological polar surface area (TPSA) is 43.3 Å². The Morgan fingerprint density at radius 3 is 2.94 bits per heavy atom. The van der Waals surface area contributed by atoms with Gasteiger partial charge in [-0.1, -0.05) is 18.2 Å². The zero-order valence-corrected chi connectivity index (χ0v) is 9.38. The second-order valence-corrected chi connectivity index (χ2v) is 4.01. The molecule has 0 bridgehead atoms. The van der Waals surface area contributed by atoms with Crippen molar-refractivity contribution in [3.05, 3.63) is 60.6 Å². The smallest absolute Gasteiger partial charge is 0.136 e. The molecule has 0 aliphatic heterocycles. The third-order valence-corrected chi connectivity index (χ3v) is 2.88. The Balaban J connectivity index is 2.12. The zero-order chi connectivity index (χ0) is 11.7. The second kappa shape index (κ2) is 4.03. The van der Waals surface area contributed by atoms with Crippen LogP contribution in [0.1, 0.15) is 5.56 Å². The number of pyridine rings is 1. The monoisotopic (exact) mass is 223 g/mol. The number of aromatic nitrogens is 2. The van der Waals surface area contributed by atoms with Crippen molar-refractivity contribution in [2.75, 3.05) is 0 Å². The van der Waals surface area contributed by atoms with Crippen LogP contribution in [0.2, 0.25) is 0 Å². The highest BCUT2D eigenvalue weighted by molar-refractivity contribution is 5.65. The first-order chi connectivity index (χ1) is 8.36. The van der Waals surface area contributed by atoms with Crippen LogP contribution < -0.4 is 5.73 Å². The lowest BCUT2D eigenvalue weighted by Crippen LogP contribution is -1.96. The molecular formula is C14H13N3. The summed E-state index contributed by atoms with van der Waals surface area (Å²) in [7, 11) is 0. The molecule has 0 saturated heterocycles. The van der Waals surface area contributed by atoms with Crippen molar-refractivity contribution in [3.63, 3.8) is 0 Å². The fourth-order valence-corrected chi connectivity index (χ4v) is 1.97. The van der Waals surface area contributed by atoms with Gasteiger partial charge in [0, 0.05) is 25.1 Å². The van der Waals surface area contributed by atoms with Gasteiger partial charge in [-0.05, 0) is 34.9 Å². The van der Waals surface area contributed by atoms with Crippen molar-refractivity contribution in [2.24, 2.45) is 5.73 Å². The van der Waals surface area contributed by atoms with Crippen molar-refractivity contribution in [3.8, 4) is 11.1 Å². The fourth-order valence-electron chi connectivity index (χ4n) is 1.97. The predicted molar refractivity (Wildman–Crippen MR) is 68.5 cm³/mol. The van der Waals surface area contributed by atoms with Crippen LogP contribution in [0.4, 0.5) is 0 Å². The van der Waals surface area contributed by atoms with Crippen LogP contribution in [0.15, 0.2) is 55.0 Å². The van der Waals surface area contributed by atoms with E-state index in [1.165, 1.54) is 11.1 Å². The molecule has 0 amide bonds. The lowest BCUT2D eigenvalue weighted by molar-refractivity contribution is 1.07. The summed E-state index contributed by atoms with van der Waals surface area (Å²) in [5, 5.41) is 0. The van der Waals surface area contributed by atoms with Gasteiger partial charge < -0.3 is 10.1 Å². The van der Waals surface area contributed by atoms with Gasteiger partial charge in [0.2, 0.25) is 0 Å². The average Bonchev–Trinajstić information content (AvgIpc) is 2.86. The van der Waals surface area contributed by atoms with Gasteiger partial charge in [0.15, 0.2) is 0 Å². The summed E-state index contributed by atoms with van der Waals surface area (Å²) < 4.78 is 2.02. The summed E-state index contributed by atoms with van der Waals surface area (Å²) in [4.78, 5) is 4.23. The number of nitrogens with zero attached hydrogens (tertiary/aromatic N) is 2. The van der Waals surface area contributed by atoms with Gasteiger partial charge in [0.25, 0.3) is 0 Å². The normalized spacial score (nSPS) is 10.9. The molecule has 17 heavy (non-hydrogen) atoms. The molecule has 0 aliphatic rings. The maximum Gasteiger partial charge on any atom is 0.136 e. The minimum atomic E-state index is 0.571. The van der Waals surface area contributed by atoms with E-state index in [-0.39, 0.29) is 0 Å². The number of nitrogens with two attached hydrogens (primary N) is 1. The first kappa shape index (κ1) is 10.1. The van der Waals surface area contributed by atoms with Crippen molar-refractivity contribution in [1.29, 1.82) is 0 Å². The van der Waals surface area contributed by atoms with Gasteiger partial charge in [-0.25, -0.2) is 4.98 Å². The average molecular weight is 223 g/mol. The summed E-state index contributed by atoms with van der Waals surface area (Å²) in [6.45, 7) is 0.571. The maximum absolute atomic E-state index is 5.66. The number of hydrogen-bond donors (Lipinski definition) is 1. The first-order valence-corrected chi connectivity index (χ1v) is 5.59. The molecule has 84 valence electrons. The number of hydrogen-bond acceptors (Lipinski definition) is 2. The van der Waals surface area contributed by atoms with E-state index in [9.17, 15) is 0 Å². The molecule has 2 heterocycles. The molecule has 0 radical (unpaired) electrons. The van der Waals surface area contributed by atoms with Crippen LogP contribution in [0, 0.1) is 0 Å². The predicted octanol–water partition coefficient (Wildman–Crippen LogP) is 2.46. The Morgan fingerprint density at radius 1 is 1.12 bits per heavy atom. The highest BCUT2D eigenvalue weighted by Gasteiger charge is 2.00. The molecule has 3 heteroatoms. The van der Waals surface area contributed by atoms with Gasteiger partial charge in [-0.15, -0.1) is 0 Å². The zero-order valence-electron chi connectivity index (χ0n) is 9.38. The van der Waals surface area contributed by atoms with Crippen LogP contribution in [0.25, 0.3) is 16.8 Å². The minimum absolute atomic E-state index is 0.571. The molecule has 2 N–H and O–H groups in total. The lowest BCUT2D eigenvalue weighted by atomic mass is 10.0. The highest BCUT2D eigenvalue weighted by atomic mass is 15.0. The van der Waals surface area contributed by atoms with E-state index in [1.54, 1.807) is 6.20 Å². The molecule has 0 saturated carbocycles. The summed E-state index contributed by atoms with van der Waals surface area (Å²) in [5.41, 5.74) is 10.1. The Morgan fingerprint density at radius 2 is 2.06 bits per heavy atom. The molecule has 0 fully saturated rings. The number of imidazole rings is 1. The second-order valence-electron chi connectivity index (χ2n) is 4.01. The molecule has 1 aromatic carbocycles. The molecule has 0 aliphatic carbocycles. The lowest BCUT2D eigenvalue weighted by Gasteiger charge is -2.04. The van der Waals surface area contributed by atoms with Gasteiger partial charge in [-0.3, -0.25) is 0 Å². The largest absolute Gasteiger partial charge is 0.326 e. The number of rotatable bonds is 2. The summed E-state index contributed by atoms with van der Waals surface area (Å²) in [5.74, 6) is 0. The van der Waals surface area contributed by atoms with Crippen LogP contribution in [-0.4, -0.2) is 9.38 Å². The van der Waals surface area contributed by atoms with E-state index >= 15 is 0 Å². The summed E-state index contributed by atoms with van der Waals surface area (Å²) in [6, 6.07) is 12.4. The first-order valence-electron chi connectivity index (χ1n) is 5.59. The molecule has 0 atom stereocenters. The van der Waals surface area contributed by atoms with Crippen molar-refractivity contribution < 1.29 is 0 Å². The van der Waals surface area contributed by atoms with Crippen LogP contribution >= 0.6 is 0 Å². The van der Waals surface area contributed by atoms with Crippen molar-refractivity contribution in [2.45, 2.75) is 6.54 Å². The third kappa shape index (κ3) is 1.81. The highest BCUT2D eigenvalue weighted by Crippen LogP contribution is 2.20. The van der Waals surface area contributed by atoms with E-state index in [2.05, 4.69) is 29.4 Å². The van der Waals surface area contributed by atoms with E-state index in [0.29, 0.717) is 6.54 Å². The van der Waals surface area contributed by atoms with Gasteiger partial charge in [0.05, 0.1) is 0 Å².